The van der Waals surface area contributed by atoms with Gasteiger partial charge in [-0.25, -0.2) is 9.67 Å². The zero-order valence-electron chi connectivity index (χ0n) is 11.1. The molecule has 0 spiro atoms. The fraction of sp³-hybridized carbons (Fsp3) is 0.429. The van der Waals surface area contributed by atoms with Gasteiger partial charge in [0.2, 0.25) is 0 Å². The third-order valence-electron chi connectivity index (χ3n) is 3.80. The molecule has 0 saturated heterocycles. The first-order valence-corrected chi connectivity index (χ1v) is 6.67. The van der Waals surface area contributed by atoms with Crippen molar-refractivity contribution >= 4 is 11.6 Å². The average Bonchev–Trinajstić information content (AvgIpc) is 2.70. The Kier molecular flexibility index (Phi) is 2.89. The van der Waals surface area contributed by atoms with Crippen molar-refractivity contribution in [3.63, 3.8) is 0 Å². The predicted molar refractivity (Wildman–Crippen MR) is 76.2 cm³/mol. The summed E-state index contributed by atoms with van der Waals surface area (Å²) in [4.78, 5) is 4.08. The summed E-state index contributed by atoms with van der Waals surface area (Å²) >= 11 is 0. The number of pyridine rings is 1. The van der Waals surface area contributed by atoms with Gasteiger partial charge in [0.25, 0.3) is 0 Å². The summed E-state index contributed by atoms with van der Waals surface area (Å²) in [6.45, 7) is 3.20. The lowest BCUT2D eigenvalue weighted by Gasteiger charge is -2.32. The minimum Gasteiger partial charge on any atom is -0.384 e. The van der Waals surface area contributed by atoms with Gasteiger partial charge in [0.05, 0.1) is 5.69 Å². The molecule has 0 atom stereocenters. The van der Waals surface area contributed by atoms with E-state index in [2.05, 4.69) is 17.0 Å². The van der Waals surface area contributed by atoms with Crippen LogP contribution in [0.15, 0.2) is 24.4 Å². The van der Waals surface area contributed by atoms with Crippen LogP contribution in [0.25, 0.3) is 11.3 Å². The molecule has 0 unspecified atom stereocenters. The first-order valence-electron chi connectivity index (χ1n) is 6.67. The second-order valence-electron chi connectivity index (χ2n) is 5.55. The van der Waals surface area contributed by atoms with Gasteiger partial charge in [-0.3, -0.25) is 0 Å². The highest BCUT2D eigenvalue weighted by Crippen LogP contribution is 2.34. The molecule has 5 heteroatoms. The van der Waals surface area contributed by atoms with Crippen LogP contribution in [0.5, 0.6) is 0 Å². The number of nitrogens with two attached hydrogens (primary N) is 2. The van der Waals surface area contributed by atoms with Crippen molar-refractivity contribution in [3.05, 3.63) is 24.4 Å². The van der Waals surface area contributed by atoms with Gasteiger partial charge in [-0.05, 0) is 36.8 Å². The highest BCUT2D eigenvalue weighted by atomic mass is 15.3. The van der Waals surface area contributed by atoms with Gasteiger partial charge < -0.3 is 11.5 Å². The smallest absolute Gasteiger partial charge is 0.123 e. The van der Waals surface area contributed by atoms with Crippen LogP contribution in [-0.4, -0.2) is 14.8 Å². The number of anilines is 2. The molecular weight excluding hydrogens is 238 g/mol. The Labute approximate surface area is 112 Å². The monoisotopic (exact) mass is 257 g/mol. The Morgan fingerprint density at radius 2 is 2.11 bits per heavy atom. The lowest BCUT2D eigenvalue weighted by atomic mass is 9.76. The molecule has 0 aromatic carbocycles. The quantitative estimate of drug-likeness (QED) is 0.882. The average molecular weight is 257 g/mol. The summed E-state index contributed by atoms with van der Waals surface area (Å²) < 4.78 is 1.90. The SMILES string of the molecule is CC1CC(Cn2nc(-c3ccc(N)nc3)cc2N)C1. The van der Waals surface area contributed by atoms with Crippen molar-refractivity contribution in [2.24, 2.45) is 11.8 Å². The minimum absolute atomic E-state index is 0.514. The molecule has 0 radical (unpaired) electrons. The highest BCUT2D eigenvalue weighted by Gasteiger charge is 2.26. The summed E-state index contributed by atoms with van der Waals surface area (Å²) in [6.07, 6.45) is 4.28. The Bertz CT molecular complexity index is 566. The first-order chi connectivity index (χ1) is 9.11. The van der Waals surface area contributed by atoms with Crippen LogP contribution in [0.1, 0.15) is 19.8 Å². The topological polar surface area (TPSA) is 82.8 Å². The zero-order chi connectivity index (χ0) is 13.4. The number of hydrogen-bond acceptors (Lipinski definition) is 4. The third-order valence-corrected chi connectivity index (χ3v) is 3.80. The Morgan fingerprint density at radius 1 is 1.32 bits per heavy atom. The standard InChI is InChI=1S/C14H19N5/c1-9-4-10(5-9)8-19-14(16)6-12(18-19)11-2-3-13(15)17-7-11/h2-3,6-7,9-10H,4-5,8,16H2,1H3,(H2,15,17). The lowest BCUT2D eigenvalue weighted by molar-refractivity contribution is 0.183. The minimum atomic E-state index is 0.514. The molecule has 1 aliphatic carbocycles. The van der Waals surface area contributed by atoms with Gasteiger partial charge in [0.15, 0.2) is 0 Å². The Hall–Kier alpha value is -2.04. The van der Waals surface area contributed by atoms with Crippen LogP contribution in [0.2, 0.25) is 0 Å². The molecule has 0 amide bonds. The molecule has 2 heterocycles. The molecular formula is C14H19N5. The maximum absolute atomic E-state index is 6.03. The molecule has 0 aliphatic heterocycles. The molecule has 1 saturated carbocycles. The zero-order valence-corrected chi connectivity index (χ0v) is 11.1. The largest absolute Gasteiger partial charge is 0.384 e. The molecule has 1 aliphatic rings. The van der Waals surface area contributed by atoms with E-state index in [4.69, 9.17) is 11.5 Å². The second-order valence-corrected chi connectivity index (χ2v) is 5.55. The van der Waals surface area contributed by atoms with Crippen LogP contribution in [0.4, 0.5) is 11.6 Å². The molecule has 2 aromatic heterocycles. The van der Waals surface area contributed by atoms with Crippen LogP contribution >= 0.6 is 0 Å². The van der Waals surface area contributed by atoms with Crippen molar-refractivity contribution in [2.75, 3.05) is 11.5 Å². The summed E-state index contributed by atoms with van der Waals surface area (Å²) in [7, 11) is 0. The van der Waals surface area contributed by atoms with Gasteiger partial charge in [-0.15, -0.1) is 0 Å². The van der Waals surface area contributed by atoms with Crippen LogP contribution in [-0.2, 0) is 6.54 Å². The number of nitrogens with zero attached hydrogens (tertiary/aromatic N) is 3. The van der Waals surface area contributed by atoms with E-state index in [0.29, 0.717) is 11.6 Å². The number of aromatic nitrogens is 3. The lowest BCUT2D eigenvalue weighted by Crippen LogP contribution is -2.26. The van der Waals surface area contributed by atoms with Gasteiger partial charge in [-0.2, -0.15) is 5.10 Å². The molecule has 5 nitrogen and oxygen atoms in total. The van der Waals surface area contributed by atoms with E-state index in [0.717, 1.165) is 29.6 Å². The van der Waals surface area contributed by atoms with Gasteiger partial charge in [0.1, 0.15) is 11.6 Å². The van der Waals surface area contributed by atoms with Crippen LogP contribution in [0, 0.1) is 11.8 Å². The van der Waals surface area contributed by atoms with E-state index in [-0.39, 0.29) is 0 Å². The molecule has 1 fully saturated rings. The van der Waals surface area contributed by atoms with E-state index >= 15 is 0 Å². The summed E-state index contributed by atoms with van der Waals surface area (Å²) in [5.41, 5.74) is 13.4. The van der Waals surface area contributed by atoms with Crippen molar-refractivity contribution in [1.29, 1.82) is 0 Å². The van der Waals surface area contributed by atoms with E-state index in [9.17, 15) is 0 Å². The van der Waals surface area contributed by atoms with Crippen LogP contribution in [0.3, 0.4) is 0 Å². The molecule has 0 bridgehead atoms. The molecule has 100 valence electrons. The first kappa shape index (κ1) is 12.0. The second kappa shape index (κ2) is 4.57. The normalized spacial score (nSPS) is 22.2. The van der Waals surface area contributed by atoms with Crippen molar-refractivity contribution in [1.82, 2.24) is 14.8 Å². The Morgan fingerprint density at radius 3 is 2.74 bits per heavy atom. The maximum atomic E-state index is 6.03. The van der Waals surface area contributed by atoms with E-state index in [1.165, 1.54) is 12.8 Å². The molecule has 19 heavy (non-hydrogen) atoms. The number of nitrogen functional groups attached to an aromatic ring is 2. The summed E-state index contributed by atoms with van der Waals surface area (Å²) in [5, 5.41) is 4.57. The highest BCUT2D eigenvalue weighted by molar-refractivity contribution is 5.62. The van der Waals surface area contributed by atoms with Crippen molar-refractivity contribution < 1.29 is 0 Å². The van der Waals surface area contributed by atoms with E-state index in [1.807, 2.05) is 16.8 Å². The summed E-state index contributed by atoms with van der Waals surface area (Å²) in [5.74, 6) is 2.79. The van der Waals surface area contributed by atoms with Gasteiger partial charge in [-0.1, -0.05) is 6.92 Å². The molecule has 4 N–H and O–H groups in total. The van der Waals surface area contributed by atoms with Gasteiger partial charge >= 0.3 is 0 Å². The predicted octanol–water partition coefficient (Wildman–Crippen LogP) is 2.16. The molecule has 2 aromatic rings. The van der Waals surface area contributed by atoms with E-state index in [1.54, 1.807) is 12.3 Å². The van der Waals surface area contributed by atoms with Crippen LogP contribution < -0.4 is 11.5 Å². The third kappa shape index (κ3) is 2.41. The van der Waals surface area contributed by atoms with E-state index < -0.39 is 0 Å². The van der Waals surface area contributed by atoms with Crippen molar-refractivity contribution in [2.45, 2.75) is 26.3 Å². The summed E-state index contributed by atoms with van der Waals surface area (Å²) in [6, 6.07) is 5.59. The number of hydrogen-bond donors (Lipinski definition) is 2. The fourth-order valence-corrected chi connectivity index (χ4v) is 2.74. The van der Waals surface area contributed by atoms with Gasteiger partial charge in [0, 0.05) is 24.4 Å². The maximum Gasteiger partial charge on any atom is 0.123 e. The molecule has 3 rings (SSSR count). The Balaban J connectivity index is 1.78. The number of rotatable bonds is 3. The fourth-order valence-electron chi connectivity index (χ4n) is 2.74. The van der Waals surface area contributed by atoms with Crippen molar-refractivity contribution in [3.8, 4) is 11.3 Å².